The molecule has 1 rings (SSSR count). The van der Waals surface area contributed by atoms with Crippen molar-refractivity contribution in [1.29, 1.82) is 0 Å². The summed E-state index contributed by atoms with van der Waals surface area (Å²) in [7, 11) is 0. The van der Waals surface area contributed by atoms with Crippen LogP contribution in [0.3, 0.4) is 0 Å². The van der Waals surface area contributed by atoms with Crippen molar-refractivity contribution >= 4 is 12.4 Å². The van der Waals surface area contributed by atoms with E-state index in [-0.39, 0.29) is 0 Å². The fraction of sp³-hybridized carbons (Fsp3) is 0.267. The highest BCUT2D eigenvalue weighted by atomic mass is 16.1. The standard InChI is InChI=1S/C15H18O/c1-12(2)15-8-6-14(7-9-15)11-13(3)5-4-10-16/h4-12H,1-3H3. The van der Waals surface area contributed by atoms with Crippen molar-refractivity contribution in [2.75, 3.05) is 0 Å². The number of aldehydes is 1. The molecule has 1 nitrogen and oxygen atoms in total. The lowest BCUT2D eigenvalue weighted by atomic mass is 10.0. The SMILES string of the molecule is CC(C=CC=O)=Cc1ccc(C(C)C)cc1. The van der Waals surface area contributed by atoms with Crippen molar-refractivity contribution in [3.8, 4) is 0 Å². The van der Waals surface area contributed by atoms with E-state index in [2.05, 4.69) is 44.2 Å². The van der Waals surface area contributed by atoms with Gasteiger partial charge in [-0.3, -0.25) is 4.79 Å². The summed E-state index contributed by atoms with van der Waals surface area (Å²) in [5.74, 6) is 0.564. The lowest BCUT2D eigenvalue weighted by Crippen LogP contribution is -1.86. The number of benzene rings is 1. The Hall–Kier alpha value is -1.63. The Labute approximate surface area is 97.5 Å². The van der Waals surface area contributed by atoms with Crippen molar-refractivity contribution < 1.29 is 4.79 Å². The zero-order valence-corrected chi connectivity index (χ0v) is 10.1. The average Bonchev–Trinajstić information content (AvgIpc) is 2.27. The third-order valence-corrected chi connectivity index (χ3v) is 2.44. The highest BCUT2D eigenvalue weighted by Crippen LogP contribution is 2.16. The molecule has 1 aromatic carbocycles. The number of hydrogen-bond acceptors (Lipinski definition) is 1. The minimum atomic E-state index is 0.564. The van der Waals surface area contributed by atoms with Crippen molar-refractivity contribution in [1.82, 2.24) is 0 Å². The minimum Gasteiger partial charge on any atom is -0.299 e. The van der Waals surface area contributed by atoms with Crippen molar-refractivity contribution in [2.45, 2.75) is 26.7 Å². The fourth-order valence-corrected chi connectivity index (χ4v) is 1.48. The van der Waals surface area contributed by atoms with Gasteiger partial charge in [-0.05, 0) is 30.0 Å². The Morgan fingerprint density at radius 1 is 1.19 bits per heavy atom. The molecule has 1 heteroatoms. The third kappa shape index (κ3) is 3.85. The zero-order valence-electron chi connectivity index (χ0n) is 10.1. The molecule has 0 N–H and O–H groups in total. The van der Waals surface area contributed by atoms with Crippen LogP contribution in [0.1, 0.15) is 37.8 Å². The topological polar surface area (TPSA) is 17.1 Å². The molecule has 0 heterocycles. The molecule has 16 heavy (non-hydrogen) atoms. The van der Waals surface area contributed by atoms with Gasteiger partial charge in [0.2, 0.25) is 0 Å². The van der Waals surface area contributed by atoms with E-state index in [0.29, 0.717) is 5.92 Å². The van der Waals surface area contributed by atoms with E-state index in [1.54, 1.807) is 0 Å². The molecule has 0 aliphatic heterocycles. The Bertz CT molecular complexity index is 394. The van der Waals surface area contributed by atoms with Gasteiger partial charge < -0.3 is 0 Å². The van der Waals surface area contributed by atoms with Gasteiger partial charge in [0.15, 0.2) is 0 Å². The van der Waals surface area contributed by atoms with Crippen LogP contribution >= 0.6 is 0 Å². The first-order chi connectivity index (χ1) is 7.63. The molecular weight excluding hydrogens is 196 g/mol. The molecule has 0 aliphatic rings. The number of carbonyl (C=O) groups excluding carboxylic acids is 1. The molecule has 0 aliphatic carbocycles. The molecule has 0 radical (unpaired) electrons. The van der Waals surface area contributed by atoms with Crippen molar-refractivity contribution in [3.05, 3.63) is 53.1 Å². The second kappa shape index (κ2) is 6.06. The van der Waals surface area contributed by atoms with Gasteiger partial charge in [0, 0.05) is 0 Å². The molecule has 0 aromatic heterocycles. The lowest BCUT2D eigenvalue weighted by molar-refractivity contribution is -0.104. The predicted octanol–water partition coefficient (Wildman–Crippen LogP) is 3.97. The smallest absolute Gasteiger partial charge is 0.142 e. The maximum Gasteiger partial charge on any atom is 0.142 e. The Kier molecular flexibility index (Phi) is 4.71. The maximum atomic E-state index is 10.2. The van der Waals surface area contributed by atoms with E-state index in [0.717, 1.165) is 17.4 Å². The minimum absolute atomic E-state index is 0.564. The van der Waals surface area contributed by atoms with Gasteiger partial charge in [0.05, 0.1) is 0 Å². The summed E-state index contributed by atoms with van der Waals surface area (Å²) >= 11 is 0. The predicted molar refractivity (Wildman–Crippen MR) is 69.4 cm³/mol. The highest BCUT2D eigenvalue weighted by molar-refractivity contribution is 5.67. The van der Waals surface area contributed by atoms with Gasteiger partial charge in [0.25, 0.3) is 0 Å². The molecule has 0 atom stereocenters. The second-order valence-electron chi connectivity index (χ2n) is 4.20. The molecule has 0 amide bonds. The van der Waals surface area contributed by atoms with Crippen LogP contribution in [0.4, 0.5) is 0 Å². The Morgan fingerprint density at radius 2 is 1.81 bits per heavy atom. The first-order valence-electron chi connectivity index (χ1n) is 5.53. The number of rotatable bonds is 4. The van der Waals surface area contributed by atoms with Crippen molar-refractivity contribution in [2.24, 2.45) is 0 Å². The third-order valence-electron chi connectivity index (χ3n) is 2.44. The number of allylic oxidation sites excluding steroid dienone is 3. The summed E-state index contributed by atoms with van der Waals surface area (Å²) in [5, 5.41) is 0. The van der Waals surface area contributed by atoms with E-state index in [1.807, 2.05) is 13.0 Å². The zero-order chi connectivity index (χ0) is 12.0. The summed E-state index contributed by atoms with van der Waals surface area (Å²) in [6, 6.07) is 8.50. The van der Waals surface area contributed by atoms with Crippen LogP contribution in [0.2, 0.25) is 0 Å². The van der Waals surface area contributed by atoms with E-state index in [9.17, 15) is 4.79 Å². The second-order valence-corrected chi connectivity index (χ2v) is 4.20. The van der Waals surface area contributed by atoms with Gasteiger partial charge in [0.1, 0.15) is 6.29 Å². The summed E-state index contributed by atoms with van der Waals surface area (Å²) in [6.07, 6.45) is 6.17. The molecule has 0 bridgehead atoms. The summed E-state index contributed by atoms with van der Waals surface area (Å²) < 4.78 is 0. The van der Waals surface area contributed by atoms with Gasteiger partial charge in [-0.1, -0.05) is 55.8 Å². The van der Waals surface area contributed by atoms with Crippen LogP contribution in [-0.4, -0.2) is 6.29 Å². The van der Waals surface area contributed by atoms with Gasteiger partial charge in [-0.15, -0.1) is 0 Å². The lowest BCUT2D eigenvalue weighted by Gasteiger charge is -2.04. The number of carbonyl (C=O) groups is 1. The van der Waals surface area contributed by atoms with E-state index in [1.165, 1.54) is 11.6 Å². The summed E-state index contributed by atoms with van der Waals surface area (Å²) in [6.45, 7) is 6.35. The van der Waals surface area contributed by atoms with E-state index < -0.39 is 0 Å². The molecular formula is C15H18O. The van der Waals surface area contributed by atoms with E-state index in [4.69, 9.17) is 0 Å². The molecule has 0 unspecified atom stereocenters. The van der Waals surface area contributed by atoms with Crippen LogP contribution < -0.4 is 0 Å². The monoisotopic (exact) mass is 214 g/mol. The van der Waals surface area contributed by atoms with Gasteiger partial charge in [-0.2, -0.15) is 0 Å². The quantitative estimate of drug-likeness (QED) is 0.421. The summed E-state index contributed by atoms with van der Waals surface area (Å²) in [5.41, 5.74) is 3.58. The number of hydrogen-bond donors (Lipinski definition) is 0. The molecule has 0 spiro atoms. The average molecular weight is 214 g/mol. The fourth-order valence-electron chi connectivity index (χ4n) is 1.48. The summed E-state index contributed by atoms with van der Waals surface area (Å²) in [4.78, 5) is 10.2. The molecule has 0 saturated heterocycles. The van der Waals surface area contributed by atoms with Crippen LogP contribution in [0.5, 0.6) is 0 Å². The Morgan fingerprint density at radius 3 is 2.31 bits per heavy atom. The molecule has 0 saturated carbocycles. The van der Waals surface area contributed by atoms with Gasteiger partial charge >= 0.3 is 0 Å². The first-order valence-corrected chi connectivity index (χ1v) is 5.53. The highest BCUT2D eigenvalue weighted by Gasteiger charge is 1.97. The molecule has 1 aromatic rings. The molecule has 0 fully saturated rings. The van der Waals surface area contributed by atoms with Crippen LogP contribution in [0.25, 0.3) is 6.08 Å². The normalized spacial score (nSPS) is 12.4. The van der Waals surface area contributed by atoms with Crippen molar-refractivity contribution in [3.63, 3.8) is 0 Å². The van der Waals surface area contributed by atoms with Crippen LogP contribution in [0.15, 0.2) is 42.0 Å². The molecule has 84 valence electrons. The van der Waals surface area contributed by atoms with Crippen LogP contribution in [-0.2, 0) is 4.79 Å². The largest absolute Gasteiger partial charge is 0.299 e. The van der Waals surface area contributed by atoms with Crippen LogP contribution in [0, 0.1) is 0 Å². The maximum absolute atomic E-state index is 10.2. The first kappa shape index (κ1) is 12.4. The van der Waals surface area contributed by atoms with E-state index >= 15 is 0 Å². The van der Waals surface area contributed by atoms with Gasteiger partial charge in [-0.25, -0.2) is 0 Å². The Balaban J connectivity index is 2.82.